The van der Waals surface area contributed by atoms with Crippen molar-refractivity contribution < 1.29 is 18.7 Å². The summed E-state index contributed by atoms with van der Waals surface area (Å²) < 4.78 is 30.6. The molecule has 4 aromatic rings. The minimum atomic E-state index is -0.421. The van der Waals surface area contributed by atoms with Gasteiger partial charge in [-0.2, -0.15) is 5.10 Å². The third-order valence-electron chi connectivity index (χ3n) is 5.11. The van der Waals surface area contributed by atoms with E-state index in [1.807, 2.05) is 0 Å². The van der Waals surface area contributed by atoms with Gasteiger partial charge in [-0.25, -0.2) is 13.5 Å². The number of aryl methyl sites for hydroxylation is 1. The van der Waals surface area contributed by atoms with Crippen LogP contribution in [0.25, 0.3) is 15.8 Å². The predicted molar refractivity (Wildman–Crippen MR) is 122 cm³/mol. The van der Waals surface area contributed by atoms with Gasteiger partial charge in [0.25, 0.3) is 5.91 Å². The number of thiophene rings is 1. The van der Waals surface area contributed by atoms with Gasteiger partial charge in [0.15, 0.2) is 0 Å². The van der Waals surface area contributed by atoms with Gasteiger partial charge in [-0.3, -0.25) is 4.79 Å². The number of aromatic nitrogens is 2. The Hall–Kier alpha value is -2.81. The molecule has 5 nitrogen and oxygen atoms in total. The SMILES string of the molecule is Cc1nn(-c2ccc(F)c3cc(Cc4cc(F)cc(Cl)c4)sc23)c(C)c1C(=O)NCCO. The lowest BCUT2D eigenvalue weighted by atomic mass is 10.1. The fraction of sp³-hybridized carbons (Fsp3) is 0.217. The Morgan fingerprint density at radius 3 is 2.72 bits per heavy atom. The van der Waals surface area contributed by atoms with E-state index in [0.29, 0.717) is 49.7 Å². The van der Waals surface area contributed by atoms with Crippen molar-refractivity contribution in [2.24, 2.45) is 0 Å². The van der Waals surface area contributed by atoms with E-state index >= 15 is 0 Å². The van der Waals surface area contributed by atoms with Crippen molar-refractivity contribution in [3.8, 4) is 5.69 Å². The number of hydrogen-bond acceptors (Lipinski definition) is 4. The number of rotatable bonds is 6. The third-order valence-corrected chi connectivity index (χ3v) is 6.48. The molecule has 0 atom stereocenters. The average molecular weight is 476 g/mol. The van der Waals surface area contributed by atoms with E-state index in [9.17, 15) is 13.6 Å². The van der Waals surface area contributed by atoms with E-state index in [1.54, 1.807) is 36.7 Å². The van der Waals surface area contributed by atoms with Gasteiger partial charge in [-0.1, -0.05) is 11.6 Å². The Morgan fingerprint density at radius 2 is 2.00 bits per heavy atom. The highest BCUT2D eigenvalue weighted by molar-refractivity contribution is 7.19. The van der Waals surface area contributed by atoms with E-state index in [0.717, 1.165) is 4.88 Å². The average Bonchev–Trinajstić information content (AvgIpc) is 3.27. The normalized spacial score (nSPS) is 11.3. The van der Waals surface area contributed by atoms with Crippen molar-refractivity contribution in [1.82, 2.24) is 15.1 Å². The molecule has 0 aliphatic heterocycles. The van der Waals surface area contributed by atoms with Crippen molar-refractivity contribution in [2.45, 2.75) is 20.3 Å². The minimum absolute atomic E-state index is 0.141. The minimum Gasteiger partial charge on any atom is -0.395 e. The number of benzene rings is 2. The maximum absolute atomic E-state index is 14.6. The fourth-order valence-corrected chi connectivity index (χ4v) is 5.21. The van der Waals surface area contributed by atoms with Crippen molar-refractivity contribution in [3.63, 3.8) is 0 Å². The summed E-state index contributed by atoms with van der Waals surface area (Å²) in [4.78, 5) is 13.3. The number of carbonyl (C=O) groups is 1. The number of aliphatic hydroxyl groups is 1. The Morgan fingerprint density at radius 1 is 1.22 bits per heavy atom. The summed E-state index contributed by atoms with van der Waals surface area (Å²) in [6.07, 6.45) is 0.404. The number of aliphatic hydroxyl groups excluding tert-OH is 1. The lowest BCUT2D eigenvalue weighted by molar-refractivity contribution is 0.0943. The molecule has 4 rings (SSSR count). The molecule has 2 N–H and O–H groups in total. The molecule has 1 amide bonds. The van der Waals surface area contributed by atoms with E-state index < -0.39 is 5.82 Å². The number of hydrogen-bond donors (Lipinski definition) is 2. The zero-order valence-corrected chi connectivity index (χ0v) is 18.9. The number of nitrogens with zero attached hydrogens (tertiary/aromatic N) is 2. The van der Waals surface area contributed by atoms with Crippen LogP contribution < -0.4 is 5.32 Å². The molecule has 0 spiro atoms. The van der Waals surface area contributed by atoms with Crippen LogP contribution in [-0.4, -0.2) is 33.9 Å². The first-order chi connectivity index (χ1) is 15.3. The summed E-state index contributed by atoms with van der Waals surface area (Å²) in [6, 6.07) is 9.08. The van der Waals surface area contributed by atoms with Crippen LogP contribution in [0.15, 0.2) is 36.4 Å². The van der Waals surface area contributed by atoms with E-state index in [2.05, 4.69) is 10.4 Å². The molecular formula is C23H20ClF2N3O2S. The van der Waals surface area contributed by atoms with Gasteiger partial charge in [-0.15, -0.1) is 11.3 Å². The monoisotopic (exact) mass is 475 g/mol. The molecule has 32 heavy (non-hydrogen) atoms. The molecule has 0 aliphatic carbocycles. The molecule has 166 valence electrons. The topological polar surface area (TPSA) is 67.2 Å². The fourth-order valence-electron chi connectivity index (χ4n) is 3.76. The van der Waals surface area contributed by atoms with E-state index in [4.69, 9.17) is 16.7 Å². The van der Waals surface area contributed by atoms with Crippen molar-refractivity contribution in [1.29, 1.82) is 0 Å². The molecule has 0 saturated carbocycles. The molecule has 0 unspecified atom stereocenters. The van der Waals surface area contributed by atoms with Crippen molar-refractivity contribution in [2.75, 3.05) is 13.2 Å². The largest absolute Gasteiger partial charge is 0.395 e. The number of amides is 1. The van der Waals surface area contributed by atoms with Crippen molar-refractivity contribution >= 4 is 38.9 Å². The zero-order chi connectivity index (χ0) is 23.0. The van der Waals surface area contributed by atoms with Crippen LogP contribution in [0.3, 0.4) is 0 Å². The molecule has 2 aromatic heterocycles. The summed E-state index contributed by atoms with van der Waals surface area (Å²) >= 11 is 7.35. The Kier molecular flexibility index (Phi) is 6.28. The summed E-state index contributed by atoms with van der Waals surface area (Å²) in [5.74, 6) is -1.12. The highest BCUT2D eigenvalue weighted by Crippen LogP contribution is 2.35. The number of fused-ring (bicyclic) bond motifs is 1. The second kappa shape index (κ2) is 8.97. The summed E-state index contributed by atoms with van der Waals surface area (Å²) in [5.41, 5.74) is 2.90. The second-order valence-corrected chi connectivity index (χ2v) is 8.99. The molecule has 0 fully saturated rings. The first-order valence-electron chi connectivity index (χ1n) is 9.90. The van der Waals surface area contributed by atoms with Crippen LogP contribution in [0.4, 0.5) is 8.78 Å². The molecule has 0 radical (unpaired) electrons. The molecule has 0 bridgehead atoms. The van der Waals surface area contributed by atoms with Gasteiger partial charge in [0, 0.05) is 28.3 Å². The van der Waals surface area contributed by atoms with Crippen LogP contribution in [-0.2, 0) is 6.42 Å². The van der Waals surface area contributed by atoms with Gasteiger partial charge >= 0.3 is 0 Å². The van der Waals surface area contributed by atoms with Gasteiger partial charge < -0.3 is 10.4 Å². The highest BCUT2D eigenvalue weighted by Gasteiger charge is 2.21. The van der Waals surface area contributed by atoms with E-state index in [1.165, 1.54) is 29.5 Å². The number of halogens is 3. The third kappa shape index (κ3) is 4.26. The molecule has 2 aromatic carbocycles. The molecule has 0 aliphatic rings. The molecule has 0 saturated heterocycles. The van der Waals surface area contributed by atoms with Gasteiger partial charge in [-0.05, 0) is 55.8 Å². The lowest BCUT2D eigenvalue weighted by Gasteiger charge is -2.08. The standard InChI is InChI=1S/C23H20ClF2N3O2S/c1-12-21(23(31)27-5-6-30)13(2)29(28-12)20-4-3-19(26)18-11-17(32-22(18)20)9-14-7-15(24)10-16(25)8-14/h3-4,7-8,10-11,30H,5-6,9H2,1-2H3,(H,27,31). The molecule has 9 heteroatoms. The van der Waals surface area contributed by atoms with Crippen LogP contribution in [0.2, 0.25) is 5.02 Å². The maximum atomic E-state index is 14.6. The first kappa shape index (κ1) is 22.4. The van der Waals surface area contributed by atoms with Crippen molar-refractivity contribution in [3.05, 3.63) is 80.4 Å². The maximum Gasteiger partial charge on any atom is 0.255 e. The molecular weight excluding hydrogens is 456 g/mol. The number of nitrogens with one attached hydrogen (secondary N) is 1. The highest BCUT2D eigenvalue weighted by atomic mass is 35.5. The lowest BCUT2D eigenvalue weighted by Crippen LogP contribution is -2.27. The van der Waals surface area contributed by atoms with Crippen LogP contribution in [0.5, 0.6) is 0 Å². The van der Waals surface area contributed by atoms with Crippen LogP contribution in [0, 0.1) is 25.5 Å². The Labute approximate surface area is 192 Å². The second-order valence-electron chi connectivity index (χ2n) is 7.41. The summed E-state index contributed by atoms with van der Waals surface area (Å²) in [5, 5.41) is 16.9. The van der Waals surface area contributed by atoms with E-state index in [-0.39, 0.29) is 24.9 Å². The van der Waals surface area contributed by atoms with Gasteiger partial charge in [0.05, 0.1) is 33.9 Å². The summed E-state index contributed by atoms with van der Waals surface area (Å²) in [6.45, 7) is 3.48. The first-order valence-corrected chi connectivity index (χ1v) is 11.1. The van der Waals surface area contributed by atoms with Gasteiger partial charge in [0.1, 0.15) is 11.6 Å². The number of carbonyl (C=O) groups excluding carboxylic acids is 1. The molecule has 2 heterocycles. The van der Waals surface area contributed by atoms with Crippen LogP contribution >= 0.6 is 22.9 Å². The van der Waals surface area contributed by atoms with Gasteiger partial charge in [0.2, 0.25) is 0 Å². The zero-order valence-electron chi connectivity index (χ0n) is 17.4. The smallest absolute Gasteiger partial charge is 0.255 e. The van der Waals surface area contributed by atoms with Crippen LogP contribution in [0.1, 0.15) is 32.2 Å². The Balaban J connectivity index is 1.78. The Bertz CT molecular complexity index is 1310. The summed E-state index contributed by atoms with van der Waals surface area (Å²) in [7, 11) is 0. The predicted octanol–water partition coefficient (Wildman–Crippen LogP) is 4.95. The quantitative estimate of drug-likeness (QED) is 0.414.